The van der Waals surface area contributed by atoms with Crippen LogP contribution in [0.2, 0.25) is 5.02 Å². The number of halogens is 2. The van der Waals surface area contributed by atoms with Crippen LogP contribution < -0.4 is 10.6 Å². The van der Waals surface area contributed by atoms with E-state index >= 15 is 0 Å². The van der Waals surface area contributed by atoms with Gasteiger partial charge in [0.15, 0.2) is 5.65 Å². The van der Waals surface area contributed by atoms with Gasteiger partial charge >= 0.3 is 0 Å². The number of hydrogen-bond acceptors (Lipinski definition) is 6. The molecular weight excluding hydrogens is 449 g/mol. The van der Waals surface area contributed by atoms with E-state index in [1.165, 1.54) is 20.0 Å². The number of rotatable bonds is 7. The van der Waals surface area contributed by atoms with E-state index in [0.29, 0.717) is 21.9 Å². The molecule has 174 valence electrons. The van der Waals surface area contributed by atoms with E-state index in [2.05, 4.69) is 25.8 Å². The van der Waals surface area contributed by atoms with Gasteiger partial charge in [0, 0.05) is 29.6 Å². The Kier molecular flexibility index (Phi) is 5.98. The maximum Gasteiger partial charge on any atom is 0.255 e. The van der Waals surface area contributed by atoms with Gasteiger partial charge in [-0.2, -0.15) is 10.2 Å². The van der Waals surface area contributed by atoms with Crippen molar-refractivity contribution in [3.63, 3.8) is 0 Å². The lowest BCUT2D eigenvalue weighted by Gasteiger charge is -2.23. The normalized spacial score (nSPS) is 13.1. The average Bonchev–Trinajstić information content (AvgIpc) is 3.34. The first-order valence-corrected chi connectivity index (χ1v) is 10.8. The molecule has 4 heterocycles. The molecule has 0 radical (unpaired) electrons. The van der Waals surface area contributed by atoms with Crippen molar-refractivity contribution in [1.82, 2.24) is 29.5 Å². The summed E-state index contributed by atoms with van der Waals surface area (Å²) in [6.07, 6.45) is 6.55. The highest BCUT2D eigenvalue weighted by Gasteiger charge is 2.27. The minimum Gasteiger partial charge on any atom is -0.387 e. The van der Waals surface area contributed by atoms with E-state index in [-0.39, 0.29) is 18.2 Å². The van der Waals surface area contributed by atoms with Crippen molar-refractivity contribution in [3.8, 4) is 11.1 Å². The van der Waals surface area contributed by atoms with E-state index in [1.54, 1.807) is 27.6 Å². The lowest BCUT2D eigenvalue weighted by molar-refractivity contribution is -0.00177. The summed E-state index contributed by atoms with van der Waals surface area (Å²) in [6.45, 7) is 6.29. The second-order valence-electron chi connectivity index (χ2n) is 8.72. The van der Waals surface area contributed by atoms with Gasteiger partial charge in [0.05, 0.1) is 52.5 Å². The smallest absolute Gasteiger partial charge is 0.255 e. The molecule has 0 saturated heterocycles. The van der Waals surface area contributed by atoms with Gasteiger partial charge < -0.3 is 15.7 Å². The van der Waals surface area contributed by atoms with Crippen LogP contribution >= 0.6 is 11.6 Å². The summed E-state index contributed by atoms with van der Waals surface area (Å²) < 4.78 is 17.4. The fraction of sp³-hybridized carbons (Fsp3) is 0.364. The van der Waals surface area contributed by atoms with Crippen LogP contribution in [0.1, 0.15) is 38.1 Å². The third kappa shape index (κ3) is 4.62. The second-order valence-corrected chi connectivity index (χ2v) is 9.16. The van der Waals surface area contributed by atoms with Crippen LogP contribution in [0.15, 0.2) is 37.1 Å². The first-order chi connectivity index (χ1) is 15.5. The van der Waals surface area contributed by atoms with Gasteiger partial charge in [-0.25, -0.2) is 18.4 Å². The molecule has 0 aliphatic carbocycles. The number of carbonyl (C=O) groups excluding carboxylic acids is 1. The van der Waals surface area contributed by atoms with Gasteiger partial charge in [-0.1, -0.05) is 11.6 Å². The van der Waals surface area contributed by atoms with Crippen LogP contribution in [-0.4, -0.2) is 59.6 Å². The van der Waals surface area contributed by atoms with Crippen LogP contribution in [0.25, 0.3) is 22.3 Å². The van der Waals surface area contributed by atoms with Crippen molar-refractivity contribution < 1.29 is 14.3 Å². The first kappa shape index (κ1) is 22.9. The van der Waals surface area contributed by atoms with Crippen molar-refractivity contribution in [3.05, 3.63) is 47.6 Å². The van der Waals surface area contributed by atoms with E-state index < -0.39 is 17.7 Å². The number of anilines is 1. The Morgan fingerprint density at radius 1 is 1.21 bits per heavy atom. The van der Waals surface area contributed by atoms with Gasteiger partial charge in [0.1, 0.15) is 6.17 Å². The molecule has 0 spiro atoms. The number of hydrogen-bond donors (Lipinski definition) is 3. The molecule has 0 aromatic carbocycles. The van der Waals surface area contributed by atoms with E-state index in [1.807, 2.05) is 26.1 Å². The third-order valence-electron chi connectivity index (χ3n) is 5.16. The molecule has 0 fully saturated rings. The highest BCUT2D eigenvalue weighted by molar-refractivity contribution is 6.30. The highest BCUT2D eigenvalue weighted by atomic mass is 35.5. The summed E-state index contributed by atoms with van der Waals surface area (Å²) >= 11 is 6.00. The predicted octanol–water partition coefficient (Wildman–Crippen LogP) is 3.36. The Morgan fingerprint density at radius 2 is 1.94 bits per heavy atom. The molecule has 0 saturated carbocycles. The number of carbonyl (C=O) groups is 1. The zero-order chi connectivity index (χ0) is 23.9. The molecule has 0 aliphatic rings. The summed E-state index contributed by atoms with van der Waals surface area (Å²) in [7, 11) is 0. The quantitative estimate of drug-likeness (QED) is 0.380. The molecule has 3 N–H and O–H groups in total. The topological polar surface area (TPSA) is 109 Å². The molecule has 0 unspecified atom stereocenters. The summed E-state index contributed by atoms with van der Waals surface area (Å²) in [5.74, 6) is -0.491. The number of aromatic nitrogens is 5. The summed E-state index contributed by atoms with van der Waals surface area (Å²) in [5.41, 5.74) is 2.17. The zero-order valence-electron chi connectivity index (χ0n) is 18.7. The Bertz CT molecular complexity index is 1330. The van der Waals surface area contributed by atoms with E-state index in [0.717, 1.165) is 11.1 Å². The van der Waals surface area contributed by atoms with Crippen molar-refractivity contribution in [2.24, 2.45) is 0 Å². The molecule has 1 amide bonds. The minimum absolute atomic E-state index is 0.0205. The Balaban J connectivity index is 1.74. The maximum absolute atomic E-state index is 14.1. The fourth-order valence-electron chi connectivity index (χ4n) is 3.40. The van der Waals surface area contributed by atoms with Crippen molar-refractivity contribution in [2.75, 3.05) is 11.9 Å². The van der Waals surface area contributed by atoms with Gasteiger partial charge in [-0.15, -0.1) is 0 Å². The van der Waals surface area contributed by atoms with E-state index in [4.69, 9.17) is 11.6 Å². The van der Waals surface area contributed by atoms with Crippen LogP contribution in [-0.2, 0) is 0 Å². The number of fused-ring (bicyclic) bond motifs is 2. The Morgan fingerprint density at radius 3 is 2.64 bits per heavy atom. The lowest BCUT2D eigenvalue weighted by atomic mass is 10.0. The largest absolute Gasteiger partial charge is 0.387 e. The predicted molar refractivity (Wildman–Crippen MR) is 124 cm³/mol. The molecule has 0 aliphatic heterocycles. The van der Waals surface area contributed by atoms with Crippen LogP contribution in [0.4, 0.5) is 10.1 Å². The number of aliphatic hydroxyl groups is 1. The van der Waals surface area contributed by atoms with Gasteiger partial charge in [0.25, 0.3) is 5.91 Å². The molecule has 4 rings (SSSR count). The summed E-state index contributed by atoms with van der Waals surface area (Å²) in [5, 5.41) is 24.8. The maximum atomic E-state index is 14.1. The summed E-state index contributed by atoms with van der Waals surface area (Å²) in [4.78, 5) is 17.2. The fourth-order valence-corrected chi connectivity index (χ4v) is 3.54. The minimum atomic E-state index is -1.61. The summed E-state index contributed by atoms with van der Waals surface area (Å²) in [6, 6.07) is 1.91. The zero-order valence-corrected chi connectivity index (χ0v) is 19.4. The number of alkyl halides is 1. The number of nitrogens with zero attached hydrogens (tertiary/aromatic N) is 5. The van der Waals surface area contributed by atoms with Crippen molar-refractivity contribution >= 4 is 34.4 Å². The molecule has 1 atom stereocenters. The Labute approximate surface area is 194 Å². The van der Waals surface area contributed by atoms with Gasteiger partial charge in [-0.05, 0) is 33.8 Å². The lowest BCUT2D eigenvalue weighted by Crippen LogP contribution is -2.42. The molecule has 4 aromatic rings. The molecule has 11 heteroatoms. The SMILES string of the molecule is CC(C)Nc1c(C(=O)NC[C@@H](F)C(C)(C)O)cnn2cc(-c3cnn4cc(Cl)cnc34)cc12. The van der Waals surface area contributed by atoms with E-state index in [9.17, 15) is 14.3 Å². The van der Waals surface area contributed by atoms with Crippen molar-refractivity contribution in [2.45, 2.75) is 45.5 Å². The van der Waals surface area contributed by atoms with Gasteiger partial charge in [0.2, 0.25) is 0 Å². The third-order valence-corrected chi connectivity index (χ3v) is 5.35. The number of amides is 1. The van der Waals surface area contributed by atoms with Crippen LogP contribution in [0.5, 0.6) is 0 Å². The Hall–Kier alpha value is -3.24. The van der Waals surface area contributed by atoms with Gasteiger partial charge in [-0.3, -0.25) is 4.79 Å². The molecule has 33 heavy (non-hydrogen) atoms. The molecule has 0 bridgehead atoms. The monoisotopic (exact) mass is 473 g/mol. The average molecular weight is 474 g/mol. The standard InChI is InChI=1S/C22H25ClFN7O2/c1-12(2)29-19-16(21(32)26-9-18(24)22(3,4)33)8-27-30-10-13(5-17(19)30)15-7-28-31-11-14(23)6-25-20(15)31/h5-8,10-12,18,29,33H,9H2,1-4H3,(H,26,32)/t18-/m1/s1. The number of nitrogens with one attached hydrogen (secondary N) is 2. The molecule has 4 aromatic heterocycles. The molecular formula is C22H25ClFN7O2. The highest BCUT2D eigenvalue weighted by Crippen LogP contribution is 2.31. The van der Waals surface area contributed by atoms with Crippen LogP contribution in [0.3, 0.4) is 0 Å². The molecule has 9 nitrogen and oxygen atoms in total. The second kappa shape index (κ2) is 8.60. The van der Waals surface area contributed by atoms with Crippen molar-refractivity contribution in [1.29, 1.82) is 0 Å². The first-order valence-electron chi connectivity index (χ1n) is 10.5. The van der Waals surface area contributed by atoms with Crippen LogP contribution in [0, 0.1) is 0 Å².